The Morgan fingerprint density at radius 1 is 1.00 bits per heavy atom. The second-order valence-corrected chi connectivity index (χ2v) is 6.90. The van der Waals surface area contributed by atoms with E-state index in [1.165, 1.54) is 0 Å². The van der Waals surface area contributed by atoms with E-state index in [0.717, 1.165) is 11.1 Å². The molecule has 1 saturated heterocycles. The second kappa shape index (κ2) is 8.17. The molecule has 4 nitrogen and oxygen atoms in total. The predicted molar refractivity (Wildman–Crippen MR) is 101 cm³/mol. The number of carbonyl (C=O) groups is 2. The molecular formula is C22H25NO3. The van der Waals surface area contributed by atoms with Crippen LogP contribution in [0, 0.1) is 12.8 Å². The lowest BCUT2D eigenvalue weighted by molar-refractivity contribution is -0.139. The van der Waals surface area contributed by atoms with Crippen LogP contribution in [0.1, 0.15) is 35.7 Å². The molecule has 0 saturated carbocycles. The minimum atomic E-state index is -0.529. The molecule has 0 N–H and O–H groups in total. The number of likely N-dealkylation sites (tertiary alicyclic amines) is 1. The lowest BCUT2D eigenvalue weighted by Gasteiger charge is -2.33. The monoisotopic (exact) mass is 351 g/mol. The molecule has 2 aromatic carbocycles. The molecule has 0 spiro atoms. The molecule has 1 amide bonds. The minimum absolute atomic E-state index is 0.00484. The Balaban J connectivity index is 1.53. The third kappa shape index (κ3) is 4.31. The molecule has 2 aromatic rings. The molecule has 26 heavy (non-hydrogen) atoms. The lowest BCUT2D eigenvalue weighted by Crippen LogP contribution is -2.45. The number of Topliss-reactive ketones (excluding diaryl/α,β-unsaturated/α-hetero) is 1. The first-order valence-electron chi connectivity index (χ1n) is 9.16. The molecule has 1 atom stereocenters. The van der Waals surface area contributed by atoms with Crippen LogP contribution in [0.15, 0.2) is 54.6 Å². The van der Waals surface area contributed by atoms with Crippen molar-refractivity contribution in [3.8, 4) is 5.75 Å². The highest BCUT2D eigenvalue weighted by molar-refractivity contribution is 5.98. The molecular weight excluding hydrogens is 326 g/mol. The van der Waals surface area contributed by atoms with E-state index in [4.69, 9.17) is 4.74 Å². The highest BCUT2D eigenvalue weighted by Crippen LogP contribution is 2.23. The van der Waals surface area contributed by atoms with Gasteiger partial charge in [0.05, 0.1) is 0 Å². The first kappa shape index (κ1) is 18.2. The molecule has 1 heterocycles. The van der Waals surface area contributed by atoms with Crippen LogP contribution in [0.2, 0.25) is 0 Å². The fourth-order valence-corrected chi connectivity index (χ4v) is 3.33. The van der Waals surface area contributed by atoms with E-state index in [1.54, 1.807) is 6.92 Å². The van der Waals surface area contributed by atoms with Crippen molar-refractivity contribution in [2.24, 2.45) is 5.92 Å². The van der Waals surface area contributed by atoms with Gasteiger partial charge in [-0.15, -0.1) is 0 Å². The molecule has 1 aliphatic heterocycles. The summed E-state index contributed by atoms with van der Waals surface area (Å²) in [5.41, 5.74) is 1.91. The van der Waals surface area contributed by atoms with Gasteiger partial charge in [-0.3, -0.25) is 9.59 Å². The van der Waals surface area contributed by atoms with E-state index in [2.05, 4.69) is 0 Å². The fraction of sp³-hybridized carbons (Fsp3) is 0.364. The number of amides is 1. The van der Waals surface area contributed by atoms with Gasteiger partial charge in [0.15, 0.2) is 11.9 Å². The molecule has 1 fully saturated rings. The Hall–Kier alpha value is -2.62. The second-order valence-electron chi connectivity index (χ2n) is 6.90. The fourth-order valence-electron chi connectivity index (χ4n) is 3.33. The van der Waals surface area contributed by atoms with Gasteiger partial charge in [-0.25, -0.2) is 0 Å². The summed E-state index contributed by atoms with van der Waals surface area (Å²) < 4.78 is 5.77. The van der Waals surface area contributed by atoms with E-state index in [9.17, 15) is 9.59 Å². The first-order valence-corrected chi connectivity index (χ1v) is 9.16. The number of ketones is 1. The number of hydrogen-bond acceptors (Lipinski definition) is 3. The normalized spacial score (nSPS) is 16.2. The third-order valence-electron chi connectivity index (χ3n) is 4.92. The molecule has 0 radical (unpaired) electrons. The van der Waals surface area contributed by atoms with Crippen molar-refractivity contribution in [3.05, 3.63) is 65.7 Å². The van der Waals surface area contributed by atoms with Crippen molar-refractivity contribution >= 4 is 11.7 Å². The summed E-state index contributed by atoms with van der Waals surface area (Å²) in [6, 6.07) is 17.1. The maximum absolute atomic E-state index is 12.6. The standard InChI is InChI=1S/C22H25NO3/c1-16-8-10-20(11-9-16)26-17(2)22(25)23-14-12-19(13-15-23)21(24)18-6-4-3-5-7-18/h3-11,17,19H,12-15H2,1-2H3. The van der Waals surface area contributed by atoms with Crippen molar-refractivity contribution < 1.29 is 14.3 Å². The van der Waals surface area contributed by atoms with E-state index >= 15 is 0 Å². The molecule has 1 unspecified atom stereocenters. The number of ether oxygens (including phenoxy) is 1. The van der Waals surface area contributed by atoms with Crippen LogP contribution in [-0.4, -0.2) is 35.8 Å². The minimum Gasteiger partial charge on any atom is -0.481 e. The van der Waals surface area contributed by atoms with E-state index in [0.29, 0.717) is 31.7 Å². The van der Waals surface area contributed by atoms with Gasteiger partial charge in [0.2, 0.25) is 0 Å². The Morgan fingerprint density at radius 3 is 2.23 bits per heavy atom. The average Bonchev–Trinajstić information content (AvgIpc) is 2.69. The van der Waals surface area contributed by atoms with Gasteiger partial charge in [-0.2, -0.15) is 0 Å². The van der Waals surface area contributed by atoms with Crippen LogP contribution in [-0.2, 0) is 4.79 Å². The van der Waals surface area contributed by atoms with E-state index < -0.39 is 6.10 Å². The number of piperidine rings is 1. The summed E-state index contributed by atoms with van der Waals surface area (Å²) in [6.07, 6.45) is 0.882. The molecule has 3 rings (SSSR count). The maximum atomic E-state index is 12.6. The SMILES string of the molecule is Cc1ccc(OC(C)C(=O)N2CCC(C(=O)c3ccccc3)CC2)cc1. The quantitative estimate of drug-likeness (QED) is 0.768. The van der Waals surface area contributed by atoms with Crippen LogP contribution in [0.5, 0.6) is 5.75 Å². The van der Waals surface area contributed by atoms with Gasteiger partial charge in [-0.1, -0.05) is 48.0 Å². The van der Waals surface area contributed by atoms with Crippen molar-refractivity contribution in [2.45, 2.75) is 32.8 Å². The Labute approximate surface area is 154 Å². The molecule has 0 aromatic heterocycles. The zero-order valence-corrected chi connectivity index (χ0v) is 15.4. The molecule has 0 bridgehead atoms. The van der Waals surface area contributed by atoms with Gasteiger partial charge in [0.25, 0.3) is 5.91 Å². The smallest absolute Gasteiger partial charge is 0.263 e. The Kier molecular flexibility index (Phi) is 5.71. The van der Waals surface area contributed by atoms with Crippen LogP contribution in [0.4, 0.5) is 0 Å². The number of hydrogen-bond donors (Lipinski definition) is 0. The van der Waals surface area contributed by atoms with Gasteiger partial charge in [0, 0.05) is 24.6 Å². The number of benzene rings is 2. The number of rotatable bonds is 5. The molecule has 136 valence electrons. The topological polar surface area (TPSA) is 46.6 Å². The lowest BCUT2D eigenvalue weighted by atomic mass is 9.89. The zero-order chi connectivity index (χ0) is 18.5. The van der Waals surface area contributed by atoms with E-state index in [1.807, 2.05) is 66.4 Å². The van der Waals surface area contributed by atoms with Gasteiger partial charge in [-0.05, 0) is 38.8 Å². The summed E-state index contributed by atoms with van der Waals surface area (Å²) in [7, 11) is 0. The summed E-state index contributed by atoms with van der Waals surface area (Å²) in [4.78, 5) is 27.0. The Bertz CT molecular complexity index is 747. The van der Waals surface area contributed by atoms with Gasteiger partial charge >= 0.3 is 0 Å². The zero-order valence-electron chi connectivity index (χ0n) is 15.4. The first-order chi connectivity index (χ1) is 12.5. The highest BCUT2D eigenvalue weighted by atomic mass is 16.5. The van der Waals surface area contributed by atoms with Crippen LogP contribution in [0.3, 0.4) is 0 Å². The van der Waals surface area contributed by atoms with Crippen molar-refractivity contribution in [2.75, 3.05) is 13.1 Å². The van der Waals surface area contributed by atoms with Crippen LogP contribution >= 0.6 is 0 Å². The van der Waals surface area contributed by atoms with Crippen LogP contribution < -0.4 is 4.74 Å². The molecule has 4 heteroatoms. The van der Waals surface area contributed by atoms with Gasteiger partial charge in [0.1, 0.15) is 5.75 Å². The van der Waals surface area contributed by atoms with Crippen LogP contribution in [0.25, 0.3) is 0 Å². The molecule has 1 aliphatic rings. The largest absolute Gasteiger partial charge is 0.481 e. The third-order valence-corrected chi connectivity index (χ3v) is 4.92. The summed E-state index contributed by atoms with van der Waals surface area (Å²) >= 11 is 0. The molecule has 0 aliphatic carbocycles. The Morgan fingerprint density at radius 2 is 1.62 bits per heavy atom. The van der Waals surface area contributed by atoms with Crippen molar-refractivity contribution in [1.29, 1.82) is 0 Å². The maximum Gasteiger partial charge on any atom is 0.263 e. The van der Waals surface area contributed by atoms with E-state index in [-0.39, 0.29) is 17.6 Å². The summed E-state index contributed by atoms with van der Waals surface area (Å²) in [5, 5.41) is 0. The summed E-state index contributed by atoms with van der Waals surface area (Å²) in [6.45, 7) is 5.00. The number of carbonyl (C=O) groups excluding carboxylic acids is 2. The number of aryl methyl sites for hydroxylation is 1. The highest BCUT2D eigenvalue weighted by Gasteiger charge is 2.30. The number of nitrogens with zero attached hydrogens (tertiary/aromatic N) is 1. The van der Waals surface area contributed by atoms with Crippen molar-refractivity contribution in [3.63, 3.8) is 0 Å². The van der Waals surface area contributed by atoms with Crippen molar-refractivity contribution in [1.82, 2.24) is 4.90 Å². The van der Waals surface area contributed by atoms with Gasteiger partial charge < -0.3 is 9.64 Å². The average molecular weight is 351 g/mol. The predicted octanol–water partition coefficient (Wildman–Crippen LogP) is 3.88. The summed E-state index contributed by atoms with van der Waals surface area (Å²) in [5.74, 6) is 0.859.